The fourth-order valence-electron chi connectivity index (χ4n) is 4.49. The number of amides is 1. The van der Waals surface area contributed by atoms with Crippen LogP contribution in [-0.4, -0.2) is 55.1 Å². The second-order valence-electron chi connectivity index (χ2n) is 8.22. The van der Waals surface area contributed by atoms with Gasteiger partial charge in [0.25, 0.3) is 0 Å². The number of anilines is 1. The molecule has 2 aromatic rings. The zero-order valence-corrected chi connectivity index (χ0v) is 16.6. The molecule has 2 aliphatic heterocycles. The highest BCUT2D eigenvalue weighted by Gasteiger charge is 2.36. The standard InChI is InChI=1S/C22H27N5O/c1-15-13-27(14-19(15)22(28)25-17-7-10-26(2)11-8-17)20-6-5-16(12-23)21-18(20)4-3-9-24-21/h3-6,9,15,17,19H,7-8,10-11,13-14H2,1-2H3,(H,25,28)/t15-,19?/m1/s1. The average Bonchev–Trinajstić information content (AvgIpc) is 3.10. The molecule has 6 nitrogen and oxygen atoms in total. The SMILES string of the molecule is C[C@@H]1CN(c2ccc(C#N)c3ncccc23)CC1C(=O)NC1CCN(C)CC1. The molecule has 2 aliphatic rings. The summed E-state index contributed by atoms with van der Waals surface area (Å²) in [7, 11) is 2.13. The molecule has 2 saturated heterocycles. The van der Waals surface area contributed by atoms with Gasteiger partial charge in [0.1, 0.15) is 6.07 Å². The van der Waals surface area contributed by atoms with Gasteiger partial charge in [-0.05, 0) is 63.2 Å². The van der Waals surface area contributed by atoms with Gasteiger partial charge in [-0.1, -0.05) is 6.92 Å². The van der Waals surface area contributed by atoms with Crippen molar-refractivity contribution in [3.8, 4) is 6.07 Å². The van der Waals surface area contributed by atoms with E-state index in [0.29, 0.717) is 18.2 Å². The summed E-state index contributed by atoms with van der Waals surface area (Å²) in [5.41, 5.74) is 2.38. The Morgan fingerprint density at radius 2 is 2.04 bits per heavy atom. The van der Waals surface area contributed by atoms with E-state index in [1.165, 1.54) is 0 Å². The van der Waals surface area contributed by atoms with Crippen molar-refractivity contribution in [2.45, 2.75) is 25.8 Å². The van der Waals surface area contributed by atoms with Crippen molar-refractivity contribution in [1.29, 1.82) is 5.26 Å². The second kappa shape index (κ2) is 7.76. The minimum atomic E-state index is -0.0120. The summed E-state index contributed by atoms with van der Waals surface area (Å²) in [4.78, 5) is 21.9. The maximum Gasteiger partial charge on any atom is 0.225 e. The fraction of sp³-hybridized carbons (Fsp3) is 0.500. The smallest absolute Gasteiger partial charge is 0.225 e. The topological polar surface area (TPSA) is 72.3 Å². The monoisotopic (exact) mass is 377 g/mol. The maximum atomic E-state index is 12.9. The van der Waals surface area contributed by atoms with Gasteiger partial charge in [-0.25, -0.2) is 0 Å². The summed E-state index contributed by atoms with van der Waals surface area (Å²) in [6.07, 6.45) is 3.77. The van der Waals surface area contributed by atoms with Crippen LogP contribution < -0.4 is 10.2 Å². The molecule has 1 aromatic heterocycles. The summed E-state index contributed by atoms with van der Waals surface area (Å²) < 4.78 is 0. The quantitative estimate of drug-likeness (QED) is 0.889. The Labute approximate surface area is 166 Å². The van der Waals surface area contributed by atoms with Crippen LogP contribution >= 0.6 is 0 Å². The van der Waals surface area contributed by atoms with Crippen LogP contribution in [0.3, 0.4) is 0 Å². The number of hydrogen-bond acceptors (Lipinski definition) is 5. The van der Waals surface area contributed by atoms with Crippen molar-refractivity contribution in [1.82, 2.24) is 15.2 Å². The number of piperidine rings is 1. The van der Waals surface area contributed by atoms with E-state index < -0.39 is 0 Å². The number of nitrogens with one attached hydrogen (secondary N) is 1. The minimum absolute atomic E-state index is 0.0120. The third-order valence-corrected chi connectivity index (χ3v) is 6.22. The number of pyridine rings is 1. The molecule has 0 spiro atoms. The summed E-state index contributed by atoms with van der Waals surface area (Å²) in [6, 6.07) is 10.3. The minimum Gasteiger partial charge on any atom is -0.370 e. The van der Waals surface area contributed by atoms with Crippen molar-refractivity contribution in [3.63, 3.8) is 0 Å². The lowest BCUT2D eigenvalue weighted by atomic mass is 9.96. The number of nitrogens with zero attached hydrogens (tertiary/aromatic N) is 4. The summed E-state index contributed by atoms with van der Waals surface area (Å²) >= 11 is 0. The van der Waals surface area contributed by atoms with E-state index in [2.05, 4.69) is 40.1 Å². The van der Waals surface area contributed by atoms with Gasteiger partial charge in [0.2, 0.25) is 5.91 Å². The van der Waals surface area contributed by atoms with Crippen molar-refractivity contribution in [3.05, 3.63) is 36.0 Å². The summed E-state index contributed by atoms with van der Waals surface area (Å²) in [6.45, 7) is 5.78. The molecule has 4 rings (SSSR count). The molecule has 1 N–H and O–H groups in total. The first-order valence-electron chi connectivity index (χ1n) is 10.1. The van der Waals surface area contributed by atoms with E-state index in [0.717, 1.165) is 49.1 Å². The lowest BCUT2D eigenvalue weighted by molar-refractivity contribution is -0.126. The average molecular weight is 377 g/mol. The lowest BCUT2D eigenvalue weighted by Crippen LogP contribution is -2.46. The van der Waals surface area contributed by atoms with E-state index in [1.54, 1.807) is 6.20 Å². The van der Waals surface area contributed by atoms with Gasteiger partial charge < -0.3 is 15.1 Å². The molecule has 146 valence electrons. The molecule has 1 aromatic carbocycles. The Hall–Kier alpha value is -2.65. The second-order valence-corrected chi connectivity index (χ2v) is 8.22. The first kappa shape index (κ1) is 18.7. The van der Waals surface area contributed by atoms with Crippen LogP contribution in [0, 0.1) is 23.2 Å². The van der Waals surface area contributed by atoms with E-state index in [-0.39, 0.29) is 17.7 Å². The maximum absolute atomic E-state index is 12.9. The molecule has 3 heterocycles. The molecular formula is C22H27N5O. The Balaban J connectivity index is 1.51. The molecule has 0 saturated carbocycles. The molecule has 0 bridgehead atoms. The number of aromatic nitrogens is 1. The van der Waals surface area contributed by atoms with Crippen molar-refractivity contribution >= 4 is 22.5 Å². The summed E-state index contributed by atoms with van der Waals surface area (Å²) in [5.74, 6) is 0.455. The number of nitriles is 1. The molecule has 0 radical (unpaired) electrons. The first-order valence-corrected chi connectivity index (χ1v) is 10.1. The van der Waals surface area contributed by atoms with Crippen LogP contribution in [0.4, 0.5) is 5.69 Å². The molecule has 6 heteroatoms. The van der Waals surface area contributed by atoms with Gasteiger partial charge in [-0.2, -0.15) is 5.26 Å². The molecule has 1 unspecified atom stereocenters. The van der Waals surface area contributed by atoms with Gasteiger partial charge in [-0.3, -0.25) is 9.78 Å². The first-order chi connectivity index (χ1) is 13.6. The van der Waals surface area contributed by atoms with Crippen molar-refractivity contribution < 1.29 is 4.79 Å². The van der Waals surface area contributed by atoms with Gasteiger partial charge in [0.05, 0.1) is 17.0 Å². The van der Waals surface area contributed by atoms with Crippen LogP contribution in [0.1, 0.15) is 25.3 Å². The van der Waals surface area contributed by atoms with Crippen LogP contribution in [0.15, 0.2) is 30.5 Å². The number of fused-ring (bicyclic) bond motifs is 1. The largest absolute Gasteiger partial charge is 0.370 e. The Morgan fingerprint density at radius 3 is 2.79 bits per heavy atom. The highest BCUT2D eigenvalue weighted by atomic mass is 16.2. The fourth-order valence-corrected chi connectivity index (χ4v) is 4.49. The van der Waals surface area contributed by atoms with Crippen LogP contribution in [0.2, 0.25) is 0 Å². The zero-order chi connectivity index (χ0) is 19.7. The number of carbonyl (C=O) groups excluding carboxylic acids is 1. The van der Waals surface area contributed by atoms with Crippen LogP contribution in [0.25, 0.3) is 10.9 Å². The number of benzene rings is 1. The third kappa shape index (κ3) is 3.55. The molecule has 0 aliphatic carbocycles. The van der Waals surface area contributed by atoms with Crippen molar-refractivity contribution in [2.75, 3.05) is 38.1 Å². The third-order valence-electron chi connectivity index (χ3n) is 6.22. The molecule has 1 amide bonds. The molecule has 2 fully saturated rings. The Morgan fingerprint density at radius 1 is 1.25 bits per heavy atom. The Kier molecular flexibility index (Phi) is 5.19. The predicted molar refractivity (Wildman–Crippen MR) is 110 cm³/mol. The number of carbonyl (C=O) groups is 1. The van der Waals surface area contributed by atoms with E-state index in [4.69, 9.17) is 0 Å². The van der Waals surface area contributed by atoms with Gasteiger partial charge in [0.15, 0.2) is 0 Å². The van der Waals surface area contributed by atoms with Gasteiger partial charge in [0, 0.05) is 36.4 Å². The normalized spacial score (nSPS) is 23.7. The highest BCUT2D eigenvalue weighted by molar-refractivity contribution is 5.95. The van der Waals surface area contributed by atoms with E-state index >= 15 is 0 Å². The molecular weight excluding hydrogens is 350 g/mol. The number of hydrogen-bond donors (Lipinski definition) is 1. The van der Waals surface area contributed by atoms with Gasteiger partial charge in [-0.15, -0.1) is 0 Å². The van der Waals surface area contributed by atoms with Crippen LogP contribution in [-0.2, 0) is 4.79 Å². The van der Waals surface area contributed by atoms with E-state index in [1.807, 2.05) is 24.3 Å². The number of rotatable bonds is 3. The zero-order valence-electron chi connectivity index (χ0n) is 16.6. The number of likely N-dealkylation sites (tertiary alicyclic amines) is 1. The highest BCUT2D eigenvalue weighted by Crippen LogP contribution is 2.34. The lowest BCUT2D eigenvalue weighted by Gasteiger charge is -2.30. The Bertz CT molecular complexity index is 913. The van der Waals surface area contributed by atoms with Gasteiger partial charge >= 0.3 is 0 Å². The molecule has 28 heavy (non-hydrogen) atoms. The molecule has 2 atom stereocenters. The van der Waals surface area contributed by atoms with Crippen molar-refractivity contribution in [2.24, 2.45) is 11.8 Å². The predicted octanol–water partition coefficient (Wildman–Crippen LogP) is 2.39. The van der Waals surface area contributed by atoms with E-state index in [9.17, 15) is 10.1 Å². The summed E-state index contributed by atoms with van der Waals surface area (Å²) in [5, 5.41) is 13.6. The van der Waals surface area contributed by atoms with Crippen LogP contribution in [0.5, 0.6) is 0 Å².